The van der Waals surface area contributed by atoms with Crippen LogP contribution in [0.3, 0.4) is 0 Å². The highest BCUT2D eigenvalue weighted by Gasteiger charge is 2.21. The summed E-state index contributed by atoms with van der Waals surface area (Å²) in [7, 11) is -7.42. The fraction of sp³-hybridized carbons (Fsp3) is 0.0385. The number of sulfonamides is 1. The molecule has 5 nitrogen and oxygen atoms in total. The van der Waals surface area contributed by atoms with Crippen LogP contribution in [0, 0.1) is 6.92 Å². The number of benzene rings is 4. The number of aryl methyl sites for hydroxylation is 1. The molecular weight excluding hydrogens is 612 g/mol. The van der Waals surface area contributed by atoms with Gasteiger partial charge in [0.25, 0.3) is 10.0 Å². The van der Waals surface area contributed by atoms with E-state index in [4.69, 9.17) is 0 Å². The number of hydrogen-bond donors (Lipinski definition) is 0. The Labute approximate surface area is 222 Å². The molecule has 4 aromatic carbocycles. The second kappa shape index (κ2) is 10.6. The van der Waals surface area contributed by atoms with Gasteiger partial charge in [0.15, 0.2) is 5.84 Å². The van der Waals surface area contributed by atoms with Crippen molar-refractivity contribution in [3.05, 3.63) is 123 Å². The Morgan fingerprint density at radius 1 is 0.629 bits per heavy atom. The third-order valence-electron chi connectivity index (χ3n) is 5.04. The summed E-state index contributed by atoms with van der Waals surface area (Å²) in [4.78, 5) is 0.893. The molecule has 0 atom stereocenters. The number of halogens is 2. The number of amidine groups is 1. The minimum Gasteiger partial charge on any atom is -0.239 e. The quantitative estimate of drug-likeness (QED) is 0.172. The predicted molar refractivity (Wildman–Crippen MR) is 147 cm³/mol. The molecule has 0 aliphatic heterocycles. The molecule has 0 aliphatic rings. The monoisotopic (exact) mass is 630 g/mol. The molecule has 0 N–H and O–H groups in total. The first kappa shape index (κ1) is 25.5. The minimum absolute atomic E-state index is 0.0329. The minimum atomic E-state index is -4.12. The zero-order chi connectivity index (χ0) is 25.1. The summed E-state index contributed by atoms with van der Waals surface area (Å²) < 4.78 is 51.3. The molecule has 178 valence electrons. The Bertz CT molecular complexity index is 1540. The zero-order valence-corrected chi connectivity index (χ0v) is 23.3. The van der Waals surface area contributed by atoms with Gasteiger partial charge in [-0.2, -0.15) is 12.8 Å². The van der Waals surface area contributed by atoms with E-state index < -0.39 is 19.8 Å². The first-order chi connectivity index (χ1) is 16.7. The largest absolute Gasteiger partial charge is 0.284 e. The third kappa shape index (κ3) is 5.98. The van der Waals surface area contributed by atoms with Crippen molar-refractivity contribution in [1.82, 2.24) is 0 Å². The molecule has 0 radical (unpaired) electrons. The van der Waals surface area contributed by atoms with Gasteiger partial charge in [-0.1, -0.05) is 79.9 Å². The van der Waals surface area contributed by atoms with E-state index in [1.54, 1.807) is 91.0 Å². The van der Waals surface area contributed by atoms with Gasteiger partial charge in [0, 0.05) is 14.5 Å². The van der Waals surface area contributed by atoms with Gasteiger partial charge in [0.05, 0.1) is 14.7 Å². The van der Waals surface area contributed by atoms with Crippen molar-refractivity contribution in [2.75, 3.05) is 0 Å². The van der Waals surface area contributed by atoms with E-state index in [9.17, 15) is 12.6 Å². The standard InChI is InChI=1S/C26H20Br2N2O3S2/c1-19-7-13-25(14-8-19)35(32,33)30-26(20-5-3-2-4-6-20)29-34(31,23-15-9-21(27)10-16-23)24-17-11-22(28)12-18-24/h2-18H,1H3. The van der Waals surface area contributed by atoms with Crippen LogP contribution in [0.25, 0.3) is 0 Å². The number of rotatable bonds is 5. The summed E-state index contributed by atoms with van der Waals surface area (Å²) in [5, 5.41) is 0. The van der Waals surface area contributed by atoms with E-state index in [1.165, 1.54) is 12.1 Å². The van der Waals surface area contributed by atoms with E-state index in [2.05, 4.69) is 40.6 Å². The van der Waals surface area contributed by atoms with Gasteiger partial charge >= 0.3 is 0 Å². The van der Waals surface area contributed by atoms with Crippen molar-refractivity contribution >= 4 is 57.4 Å². The lowest BCUT2D eigenvalue weighted by Gasteiger charge is -2.13. The van der Waals surface area contributed by atoms with Crippen LogP contribution in [0.4, 0.5) is 0 Å². The third-order valence-corrected chi connectivity index (χ3v) is 9.63. The molecule has 35 heavy (non-hydrogen) atoms. The summed E-state index contributed by atoms with van der Waals surface area (Å²) >= 11 is 6.81. The highest BCUT2D eigenvalue weighted by atomic mass is 79.9. The Kier molecular flexibility index (Phi) is 7.70. The molecule has 0 aliphatic carbocycles. The summed E-state index contributed by atoms with van der Waals surface area (Å²) in [6.45, 7) is 1.87. The van der Waals surface area contributed by atoms with Gasteiger partial charge < -0.3 is 0 Å². The average Bonchev–Trinajstić information content (AvgIpc) is 2.85. The van der Waals surface area contributed by atoms with Crippen molar-refractivity contribution in [3.63, 3.8) is 0 Å². The molecule has 0 bridgehead atoms. The highest BCUT2D eigenvalue weighted by molar-refractivity contribution is 9.10. The van der Waals surface area contributed by atoms with Crippen LogP contribution in [-0.4, -0.2) is 18.5 Å². The Morgan fingerprint density at radius 3 is 1.57 bits per heavy atom. The first-order valence-corrected chi connectivity index (χ1v) is 15.0. The van der Waals surface area contributed by atoms with Crippen molar-refractivity contribution in [1.29, 1.82) is 0 Å². The van der Waals surface area contributed by atoms with Crippen LogP contribution in [0.1, 0.15) is 11.1 Å². The second-order valence-corrected chi connectivity index (χ2v) is 13.2. The zero-order valence-electron chi connectivity index (χ0n) is 18.5. The lowest BCUT2D eigenvalue weighted by atomic mass is 10.2. The Hall–Kier alpha value is -2.59. The lowest BCUT2D eigenvalue weighted by Crippen LogP contribution is -2.10. The summed E-state index contributed by atoms with van der Waals surface area (Å²) in [5.74, 6) is -0.137. The van der Waals surface area contributed by atoms with E-state index in [-0.39, 0.29) is 10.7 Å². The molecule has 0 aromatic heterocycles. The first-order valence-electron chi connectivity index (χ1n) is 10.4. The maximum atomic E-state index is 14.6. The van der Waals surface area contributed by atoms with Gasteiger partial charge in [-0.15, -0.1) is 4.40 Å². The molecule has 9 heteroatoms. The van der Waals surface area contributed by atoms with Crippen LogP contribution in [0.2, 0.25) is 0 Å². The normalized spacial score (nSPS) is 12.4. The smallest absolute Gasteiger partial charge is 0.239 e. The van der Waals surface area contributed by atoms with Gasteiger partial charge in [-0.25, -0.2) is 4.21 Å². The average molecular weight is 632 g/mol. The molecule has 0 heterocycles. The van der Waals surface area contributed by atoms with Crippen LogP contribution in [0.15, 0.2) is 136 Å². The Morgan fingerprint density at radius 2 is 1.09 bits per heavy atom. The van der Waals surface area contributed by atoms with E-state index in [0.29, 0.717) is 15.4 Å². The second-order valence-electron chi connectivity index (χ2n) is 7.59. The molecule has 0 spiro atoms. The van der Waals surface area contributed by atoms with Crippen molar-refractivity contribution in [2.24, 2.45) is 8.76 Å². The molecular formula is C26H20Br2N2O3S2. The van der Waals surface area contributed by atoms with E-state index in [1.807, 2.05) is 6.92 Å². The fourth-order valence-corrected chi connectivity index (χ4v) is 6.61. The van der Waals surface area contributed by atoms with Crippen molar-refractivity contribution < 1.29 is 12.6 Å². The van der Waals surface area contributed by atoms with Crippen LogP contribution in [-0.2, 0) is 19.8 Å². The molecule has 0 amide bonds. The van der Waals surface area contributed by atoms with Crippen molar-refractivity contribution in [3.8, 4) is 0 Å². The molecule has 0 unspecified atom stereocenters. The summed E-state index contributed by atoms with van der Waals surface area (Å²) in [5.41, 5.74) is 1.36. The predicted octanol–water partition coefficient (Wildman–Crippen LogP) is 7.24. The SMILES string of the molecule is Cc1ccc(S(=O)(=O)N=C(N=S(=O)(c2ccc(Br)cc2)c2ccc(Br)cc2)c2ccccc2)cc1. The Balaban J connectivity index is 2.01. The lowest BCUT2D eigenvalue weighted by molar-refractivity contribution is 0.598. The topological polar surface area (TPSA) is 75.9 Å². The van der Waals surface area contributed by atoms with Gasteiger partial charge in [-0.05, 0) is 67.6 Å². The van der Waals surface area contributed by atoms with Crippen LogP contribution >= 0.6 is 31.9 Å². The van der Waals surface area contributed by atoms with Crippen LogP contribution < -0.4 is 0 Å². The maximum absolute atomic E-state index is 14.6. The summed E-state index contributed by atoms with van der Waals surface area (Å²) in [6.07, 6.45) is 0. The summed E-state index contributed by atoms with van der Waals surface area (Å²) in [6, 6.07) is 29.0. The molecule has 0 fully saturated rings. The maximum Gasteiger partial charge on any atom is 0.284 e. The van der Waals surface area contributed by atoms with Gasteiger partial charge in [0.2, 0.25) is 0 Å². The van der Waals surface area contributed by atoms with E-state index in [0.717, 1.165) is 14.5 Å². The van der Waals surface area contributed by atoms with E-state index >= 15 is 0 Å². The molecule has 4 aromatic rings. The molecule has 0 saturated heterocycles. The van der Waals surface area contributed by atoms with Gasteiger partial charge in [0.1, 0.15) is 9.73 Å². The van der Waals surface area contributed by atoms with Gasteiger partial charge in [-0.3, -0.25) is 0 Å². The molecule has 4 rings (SSSR count). The number of hydrogen-bond acceptors (Lipinski definition) is 3. The van der Waals surface area contributed by atoms with Crippen molar-refractivity contribution in [2.45, 2.75) is 21.6 Å². The molecule has 0 saturated carbocycles. The highest BCUT2D eigenvalue weighted by Crippen LogP contribution is 2.28. The van der Waals surface area contributed by atoms with Crippen LogP contribution in [0.5, 0.6) is 0 Å². The fourth-order valence-electron chi connectivity index (χ4n) is 3.19. The number of nitrogens with zero attached hydrogens (tertiary/aromatic N) is 2.